The number of rotatable bonds is 11. The van der Waals surface area contributed by atoms with Crippen LogP contribution in [0.15, 0.2) is 85.5 Å². The van der Waals surface area contributed by atoms with Gasteiger partial charge in [-0.2, -0.15) is 0 Å². The Balaban J connectivity index is 1.84. The first kappa shape index (κ1) is 22.4. The zero-order chi connectivity index (χ0) is 22.1. The molecule has 0 bridgehead atoms. The van der Waals surface area contributed by atoms with Crippen LogP contribution in [0, 0.1) is 5.82 Å². The van der Waals surface area contributed by atoms with Crippen LogP contribution in [0.5, 0.6) is 17.2 Å². The molecule has 4 nitrogen and oxygen atoms in total. The van der Waals surface area contributed by atoms with Gasteiger partial charge in [0.1, 0.15) is 29.7 Å². The highest BCUT2D eigenvalue weighted by Gasteiger charge is 2.26. The summed E-state index contributed by atoms with van der Waals surface area (Å²) < 4.78 is 37.2. The van der Waals surface area contributed by atoms with Crippen LogP contribution in [0.1, 0.15) is 24.2 Å². The molecule has 0 amide bonds. The summed E-state index contributed by atoms with van der Waals surface area (Å²) in [4.78, 5) is 0. The predicted molar refractivity (Wildman–Crippen MR) is 119 cm³/mol. The number of hydrogen-bond acceptors (Lipinski definition) is 4. The van der Waals surface area contributed by atoms with Crippen molar-refractivity contribution in [3.63, 3.8) is 0 Å². The van der Waals surface area contributed by atoms with Gasteiger partial charge in [-0.3, -0.25) is 0 Å². The Bertz CT molecular complexity index is 957. The van der Waals surface area contributed by atoms with Crippen molar-refractivity contribution in [1.82, 2.24) is 0 Å². The van der Waals surface area contributed by atoms with Crippen LogP contribution >= 0.6 is 0 Å². The van der Waals surface area contributed by atoms with Crippen LogP contribution in [0.4, 0.5) is 4.39 Å². The summed E-state index contributed by atoms with van der Waals surface area (Å²) in [5.41, 5.74) is 1.71. The standard InChI is InChI=1S/C26H27FO4/c1-4-16-29-25-17-21(27)12-15-24(25)26(31-23-8-6-5-7-9-23)19(2)30-18-20-10-13-22(28-3)14-11-20/h4-15,17,19,26H,1,16,18H2,2-3H3/t19-,26-/m0/s1. The molecule has 0 aliphatic heterocycles. The van der Waals surface area contributed by atoms with E-state index in [0.29, 0.717) is 23.7 Å². The number of hydrogen-bond donors (Lipinski definition) is 0. The second-order valence-electron chi connectivity index (χ2n) is 7.00. The largest absolute Gasteiger partial charge is 0.497 e. The molecule has 0 radical (unpaired) electrons. The van der Waals surface area contributed by atoms with Crippen LogP contribution in [-0.2, 0) is 11.3 Å². The Morgan fingerprint density at radius 3 is 2.39 bits per heavy atom. The Labute approximate surface area is 182 Å². The zero-order valence-corrected chi connectivity index (χ0v) is 17.8. The van der Waals surface area contributed by atoms with E-state index in [0.717, 1.165) is 11.3 Å². The van der Waals surface area contributed by atoms with Crippen LogP contribution < -0.4 is 14.2 Å². The fraction of sp³-hybridized carbons (Fsp3) is 0.231. The minimum atomic E-state index is -0.513. The van der Waals surface area contributed by atoms with E-state index in [4.69, 9.17) is 18.9 Å². The third-order valence-electron chi connectivity index (χ3n) is 4.74. The fourth-order valence-electron chi connectivity index (χ4n) is 3.11. The molecule has 0 heterocycles. The molecular weight excluding hydrogens is 395 g/mol. The first-order chi connectivity index (χ1) is 15.1. The summed E-state index contributed by atoms with van der Waals surface area (Å²) in [6.45, 7) is 6.25. The molecular formula is C26H27FO4. The number of halogens is 1. The van der Waals surface area contributed by atoms with Gasteiger partial charge in [0.25, 0.3) is 0 Å². The molecule has 0 unspecified atom stereocenters. The van der Waals surface area contributed by atoms with E-state index in [1.54, 1.807) is 19.3 Å². The lowest BCUT2D eigenvalue weighted by Crippen LogP contribution is -2.25. The molecule has 0 N–H and O–H groups in total. The van der Waals surface area contributed by atoms with Crippen molar-refractivity contribution >= 4 is 0 Å². The number of ether oxygens (including phenoxy) is 4. The van der Waals surface area contributed by atoms with E-state index in [1.807, 2.05) is 61.5 Å². The molecule has 3 aromatic carbocycles. The maximum absolute atomic E-state index is 13.9. The van der Waals surface area contributed by atoms with E-state index in [9.17, 15) is 4.39 Å². The molecule has 3 aromatic rings. The maximum Gasteiger partial charge on any atom is 0.153 e. The van der Waals surface area contributed by atoms with Crippen molar-refractivity contribution < 1.29 is 23.3 Å². The smallest absolute Gasteiger partial charge is 0.153 e. The number of benzene rings is 3. The van der Waals surface area contributed by atoms with Crippen LogP contribution in [0.3, 0.4) is 0 Å². The van der Waals surface area contributed by atoms with E-state index < -0.39 is 6.10 Å². The molecule has 0 aliphatic carbocycles. The highest BCUT2D eigenvalue weighted by Crippen LogP contribution is 2.34. The lowest BCUT2D eigenvalue weighted by Gasteiger charge is -2.27. The first-order valence-corrected chi connectivity index (χ1v) is 10.1. The molecule has 162 valence electrons. The molecule has 3 rings (SSSR count). The minimum Gasteiger partial charge on any atom is -0.497 e. The molecule has 5 heteroatoms. The molecule has 0 aliphatic rings. The van der Waals surface area contributed by atoms with Gasteiger partial charge < -0.3 is 18.9 Å². The van der Waals surface area contributed by atoms with E-state index in [1.165, 1.54) is 12.1 Å². The summed E-state index contributed by atoms with van der Waals surface area (Å²) in [7, 11) is 1.63. The summed E-state index contributed by atoms with van der Waals surface area (Å²) >= 11 is 0. The van der Waals surface area contributed by atoms with Crippen molar-refractivity contribution in [1.29, 1.82) is 0 Å². The molecule has 31 heavy (non-hydrogen) atoms. The first-order valence-electron chi connectivity index (χ1n) is 10.1. The topological polar surface area (TPSA) is 36.9 Å². The monoisotopic (exact) mass is 422 g/mol. The van der Waals surface area contributed by atoms with Crippen molar-refractivity contribution in [2.24, 2.45) is 0 Å². The predicted octanol–water partition coefficient (Wildman–Crippen LogP) is 6.12. The highest BCUT2D eigenvalue weighted by atomic mass is 19.1. The van der Waals surface area contributed by atoms with Crippen molar-refractivity contribution in [3.8, 4) is 17.2 Å². The fourth-order valence-corrected chi connectivity index (χ4v) is 3.11. The SMILES string of the molecule is C=CCOc1cc(F)ccc1[C@@H](Oc1ccccc1)[C@H](C)OCc1ccc(OC)cc1. The number of para-hydroxylation sites is 1. The van der Waals surface area contributed by atoms with Gasteiger partial charge in [0.2, 0.25) is 0 Å². The van der Waals surface area contributed by atoms with E-state index in [2.05, 4.69) is 6.58 Å². The van der Waals surface area contributed by atoms with Crippen LogP contribution in [-0.4, -0.2) is 19.8 Å². The lowest BCUT2D eigenvalue weighted by molar-refractivity contribution is -0.0260. The van der Waals surface area contributed by atoms with Crippen LogP contribution in [0.25, 0.3) is 0 Å². The second-order valence-corrected chi connectivity index (χ2v) is 7.00. The molecule has 0 fully saturated rings. The highest BCUT2D eigenvalue weighted by molar-refractivity contribution is 5.38. The Hall–Kier alpha value is -3.31. The summed E-state index contributed by atoms with van der Waals surface area (Å²) in [6.07, 6.45) is 0.755. The second kappa shape index (κ2) is 11.2. The van der Waals surface area contributed by atoms with Gasteiger partial charge in [-0.1, -0.05) is 43.0 Å². The van der Waals surface area contributed by atoms with E-state index in [-0.39, 0.29) is 18.5 Å². The van der Waals surface area contributed by atoms with Crippen molar-refractivity contribution in [2.75, 3.05) is 13.7 Å². The Morgan fingerprint density at radius 1 is 0.968 bits per heavy atom. The quantitative estimate of drug-likeness (QED) is 0.349. The normalized spacial score (nSPS) is 12.6. The lowest BCUT2D eigenvalue weighted by atomic mass is 10.0. The van der Waals surface area contributed by atoms with Gasteiger partial charge in [0.15, 0.2) is 6.10 Å². The Morgan fingerprint density at radius 2 is 1.71 bits per heavy atom. The number of methoxy groups -OCH3 is 1. The minimum absolute atomic E-state index is 0.260. The summed E-state index contributed by atoms with van der Waals surface area (Å²) in [5.74, 6) is 1.50. The average molecular weight is 422 g/mol. The van der Waals surface area contributed by atoms with E-state index >= 15 is 0 Å². The van der Waals surface area contributed by atoms with Gasteiger partial charge in [0, 0.05) is 11.6 Å². The molecule has 0 saturated carbocycles. The molecule has 0 saturated heterocycles. The van der Waals surface area contributed by atoms with Gasteiger partial charge in [-0.25, -0.2) is 4.39 Å². The third kappa shape index (κ3) is 6.33. The summed E-state index contributed by atoms with van der Waals surface area (Å²) in [5, 5.41) is 0. The Kier molecular flexibility index (Phi) is 8.07. The van der Waals surface area contributed by atoms with Gasteiger partial charge in [-0.05, 0) is 48.9 Å². The maximum atomic E-state index is 13.9. The molecule has 0 aromatic heterocycles. The zero-order valence-electron chi connectivity index (χ0n) is 17.8. The van der Waals surface area contributed by atoms with Crippen molar-refractivity contribution in [2.45, 2.75) is 25.7 Å². The van der Waals surface area contributed by atoms with Gasteiger partial charge >= 0.3 is 0 Å². The van der Waals surface area contributed by atoms with Gasteiger partial charge in [-0.15, -0.1) is 0 Å². The van der Waals surface area contributed by atoms with Crippen molar-refractivity contribution in [3.05, 3.63) is 102 Å². The molecule has 0 spiro atoms. The molecule has 2 atom stereocenters. The third-order valence-corrected chi connectivity index (χ3v) is 4.74. The van der Waals surface area contributed by atoms with Crippen LogP contribution in [0.2, 0.25) is 0 Å². The van der Waals surface area contributed by atoms with Gasteiger partial charge in [0.05, 0.1) is 19.8 Å². The summed E-state index contributed by atoms with van der Waals surface area (Å²) in [6, 6.07) is 21.6. The average Bonchev–Trinajstić information content (AvgIpc) is 2.81.